The molecule has 1 saturated heterocycles. The Hall–Kier alpha value is -0.890. The molecule has 0 bridgehead atoms. The van der Waals surface area contributed by atoms with Gasteiger partial charge in [-0.25, -0.2) is 0 Å². The minimum atomic E-state index is -1.46. The maximum Gasteiger partial charge on any atom is 0.229 e. The highest BCUT2D eigenvalue weighted by molar-refractivity contribution is 6.30. The van der Waals surface area contributed by atoms with E-state index in [0.717, 1.165) is 0 Å². The summed E-state index contributed by atoms with van der Waals surface area (Å²) in [6.07, 6.45) is -6.50. The molecule has 1 heterocycles. The molecule has 0 saturated carbocycles. The first-order valence-corrected chi connectivity index (χ1v) is 6.13. The van der Waals surface area contributed by atoms with E-state index in [4.69, 9.17) is 26.2 Å². The Morgan fingerprint density at radius 1 is 1.16 bits per heavy atom. The van der Waals surface area contributed by atoms with Crippen LogP contribution < -0.4 is 4.74 Å². The molecule has 5 atom stereocenters. The lowest BCUT2D eigenvalue weighted by Gasteiger charge is -2.39. The average Bonchev–Trinajstić information content (AvgIpc) is 2.39. The van der Waals surface area contributed by atoms with Crippen molar-refractivity contribution in [2.45, 2.75) is 30.7 Å². The van der Waals surface area contributed by atoms with Gasteiger partial charge in [-0.15, -0.1) is 0 Å². The van der Waals surface area contributed by atoms with Crippen LogP contribution in [-0.4, -0.2) is 57.7 Å². The van der Waals surface area contributed by atoms with Crippen molar-refractivity contribution in [3.8, 4) is 5.75 Å². The van der Waals surface area contributed by atoms with Crippen LogP contribution in [0.1, 0.15) is 0 Å². The summed E-state index contributed by atoms with van der Waals surface area (Å²) in [5, 5.41) is 38.5. The number of rotatable bonds is 3. The van der Waals surface area contributed by atoms with Crippen molar-refractivity contribution in [3.63, 3.8) is 0 Å². The molecule has 0 aliphatic carbocycles. The molecule has 2 rings (SSSR count). The Labute approximate surface area is 114 Å². The number of halogens is 1. The second kappa shape index (κ2) is 6.04. The van der Waals surface area contributed by atoms with Gasteiger partial charge in [-0.1, -0.05) is 17.7 Å². The molecule has 6 nitrogen and oxygen atoms in total. The highest BCUT2D eigenvalue weighted by atomic mass is 35.5. The predicted octanol–water partition coefficient (Wildman–Crippen LogP) is -0.481. The number of hydrogen-bond donors (Lipinski definition) is 4. The van der Waals surface area contributed by atoms with Crippen LogP contribution in [0.15, 0.2) is 24.3 Å². The zero-order valence-electron chi connectivity index (χ0n) is 9.89. The predicted molar refractivity (Wildman–Crippen MR) is 65.8 cm³/mol. The van der Waals surface area contributed by atoms with Gasteiger partial charge in [0.05, 0.1) is 6.61 Å². The monoisotopic (exact) mass is 290 g/mol. The van der Waals surface area contributed by atoms with Crippen molar-refractivity contribution in [2.24, 2.45) is 0 Å². The highest BCUT2D eigenvalue weighted by Gasteiger charge is 2.44. The van der Waals surface area contributed by atoms with Gasteiger partial charge in [0.15, 0.2) is 0 Å². The molecule has 1 aromatic rings. The largest absolute Gasteiger partial charge is 0.462 e. The third-order valence-electron chi connectivity index (χ3n) is 2.90. The van der Waals surface area contributed by atoms with E-state index in [1.54, 1.807) is 18.2 Å². The fourth-order valence-corrected chi connectivity index (χ4v) is 2.02. The van der Waals surface area contributed by atoms with E-state index in [-0.39, 0.29) is 0 Å². The van der Waals surface area contributed by atoms with E-state index in [0.29, 0.717) is 10.8 Å². The summed E-state index contributed by atoms with van der Waals surface area (Å²) in [4.78, 5) is 0. The molecule has 0 amide bonds. The van der Waals surface area contributed by atoms with Crippen LogP contribution in [0.3, 0.4) is 0 Å². The van der Waals surface area contributed by atoms with E-state index in [9.17, 15) is 15.3 Å². The van der Waals surface area contributed by atoms with Crippen LogP contribution in [0.4, 0.5) is 0 Å². The van der Waals surface area contributed by atoms with Gasteiger partial charge in [-0.3, -0.25) is 0 Å². The minimum Gasteiger partial charge on any atom is -0.462 e. The molecular formula is C12H15ClO6. The maximum atomic E-state index is 9.78. The third kappa shape index (κ3) is 3.17. The van der Waals surface area contributed by atoms with Gasteiger partial charge in [0.25, 0.3) is 0 Å². The lowest BCUT2D eigenvalue weighted by atomic mass is 9.99. The fourth-order valence-electron chi connectivity index (χ4n) is 1.84. The highest BCUT2D eigenvalue weighted by Crippen LogP contribution is 2.25. The average molecular weight is 291 g/mol. The van der Waals surface area contributed by atoms with Gasteiger partial charge in [-0.2, -0.15) is 0 Å². The van der Waals surface area contributed by atoms with E-state index in [1.165, 1.54) is 6.07 Å². The van der Waals surface area contributed by atoms with E-state index in [1.807, 2.05) is 0 Å². The molecule has 106 valence electrons. The standard InChI is InChI=1S/C12H15ClO6/c13-6-2-1-3-7(4-6)18-12-11(17)10(16)9(15)8(5-14)19-12/h1-4,8-12,14-17H,5H2/t8-,9-,10+,11-,12-/m0/s1. The van der Waals surface area contributed by atoms with Gasteiger partial charge in [0.1, 0.15) is 30.2 Å². The zero-order chi connectivity index (χ0) is 14.0. The first-order chi connectivity index (χ1) is 9.02. The van der Waals surface area contributed by atoms with Crippen LogP contribution in [0, 0.1) is 0 Å². The van der Waals surface area contributed by atoms with Gasteiger partial charge < -0.3 is 29.9 Å². The molecule has 1 aliphatic heterocycles. The molecule has 19 heavy (non-hydrogen) atoms. The fraction of sp³-hybridized carbons (Fsp3) is 0.500. The summed E-state index contributed by atoms with van der Waals surface area (Å²) in [6.45, 7) is -0.500. The third-order valence-corrected chi connectivity index (χ3v) is 3.13. The molecule has 0 unspecified atom stereocenters. The molecule has 0 radical (unpaired) electrons. The summed E-state index contributed by atoms with van der Waals surface area (Å²) >= 11 is 5.79. The normalized spacial score (nSPS) is 35.1. The summed E-state index contributed by atoms with van der Waals surface area (Å²) in [5.41, 5.74) is 0. The van der Waals surface area contributed by atoms with E-state index < -0.39 is 37.3 Å². The number of aliphatic hydroxyl groups is 4. The lowest BCUT2D eigenvalue weighted by Crippen LogP contribution is -2.60. The van der Waals surface area contributed by atoms with Gasteiger partial charge in [-0.05, 0) is 18.2 Å². The van der Waals surface area contributed by atoms with Crippen LogP contribution in [0.5, 0.6) is 5.75 Å². The quantitative estimate of drug-likeness (QED) is 0.600. The smallest absolute Gasteiger partial charge is 0.229 e. The van der Waals surface area contributed by atoms with Crippen LogP contribution >= 0.6 is 11.6 Å². The Balaban J connectivity index is 2.10. The molecule has 1 aromatic carbocycles. The van der Waals surface area contributed by atoms with Crippen molar-refractivity contribution in [2.75, 3.05) is 6.61 Å². The Kier molecular flexibility index (Phi) is 4.62. The van der Waals surface area contributed by atoms with Crippen LogP contribution in [-0.2, 0) is 4.74 Å². The van der Waals surface area contributed by atoms with Crippen molar-refractivity contribution in [1.82, 2.24) is 0 Å². The second-order valence-electron chi connectivity index (χ2n) is 4.27. The number of hydrogen-bond acceptors (Lipinski definition) is 6. The minimum absolute atomic E-state index is 0.344. The second-order valence-corrected chi connectivity index (χ2v) is 4.71. The molecule has 1 fully saturated rings. The van der Waals surface area contributed by atoms with Crippen molar-refractivity contribution in [1.29, 1.82) is 0 Å². The first-order valence-electron chi connectivity index (χ1n) is 5.75. The topological polar surface area (TPSA) is 99.4 Å². The summed E-state index contributed by atoms with van der Waals surface area (Å²) in [5.74, 6) is 0.344. The maximum absolute atomic E-state index is 9.78. The SMILES string of the molecule is OC[C@@H]1O[C@H](Oc2cccc(Cl)c2)[C@@H](O)[C@H](O)[C@H]1O. The Morgan fingerprint density at radius 3 is 2.53 bits per heavy atom. The summed E-state index contributed by atoms with van der Waals surface area (Å²) in [6, 6.07) is 6.43. The van der Waals surface area contributed by atoms with Crippen molar-refractivity contribution >= 4 is 11.6 Å². The number of aliphatic hydroxyl groups excluding tert-OH is 4. The molecule has 0 spiro atoms. The van der Waals surface area contributed by atoms with E-state index in [2.05, 4.69) is 0 Å². The van der Waals surface area contributed by atoms with Crippen molar-refractivity contribution in [3.05, 3.63) is 29.3 Å². The van der Waals surface area contributed by atoms with Gasteiger partial charge >= 0.3 is 0 Å². The van der Waals surface area contributed by atoms with Crippen molar-refractivity contribution < 1.29 is 29.9 Å². The van der Waals surface area contributed by atoms with Crippen LogP contribution in [0.25, 0.3) is 0 Å². The first kappa shape index (κ1) is 14.5. The summed E-state index contributed by atoms with van der Waals surface area (Å²) < 4.78 is 10.6. The molecule has 1 aliphatic rings. The number of ether oxygens (including phenoxy) is 2. The van der Waals surface area contributed by atoms with Crippen LogP contribution in [0.2, 0.25) is 5.02 Å². The zero-order valence-corrected chi connectivity index (χ0v) is 10.6. The summed E-state index contributed by atoms with van der Waals surface area (Å²) in [7, 11) is 0. The molecule has 7 heteroatoms. The van der Waals surface area contributed by atoms with Gasteiger partial charge in [0, 0.05) is 5.02 Å². The lowest BCUT2D eigenvalue weighted by molar-refractivity contribution is -0.277. The van der Waals surface area contributed by atoms with Gasteiger partial charge in [0.2, 0.25) is 6.29 Å². The van der Waals surface area contributed by atoms with E-state index >= 15 is 0 Å². The Bertz CT molecular complexity index is 426. The molecule has 4 N–H and O–H groups in total. The Morgan fingerprint density at radius 2 is 1.89 bits per heavy atom. The molecule has 0 aromatic heterocycles. The molecular weight excluding hydrogens is 276 g/mol. The number of benzene rings is 1.